The Balaban J connectivity index is 2.08. The lowest BCUT2D eigenvalue weighted by molar-refractivity contribution is -0.173. The van der Waals surface area contributed by atoms with E-state index in [0.717, 1.165) is 4.57 Å². The zero-order valence-electron chi connectivity index (χ0n) is 14.7. The van der Waals surface area contributed by atoms with Crippen LogP contribution >= 0.6 is 0 Å². The summed E-state index contributed by atoms with van der Waals surface area (Å²) < 4.78 is 16.7. The van der Waals surface area contributed by atoms with Gasteiger partial charge in [0.1, 0.15) is 24.9 Å². The highest BCUT2D eigenvalue weighted by atomic mass is 16.6. The summed E-state index contributed by atoms with van der Waals surface area (Å²) in [6.07, 6.45) is -3.46. The first-order valence-corrected chi connectivity index (χ1v) is 8.00. The molecule has 1 aromatic heterocycles. The predicted octanol–water partition coefficient (Wildman–Crippen LogP) is -0.978. The summed E-state index contributed by atoms with van der Waals surface area (Å²) in [5, 5.41) is 29.0. The van der Waals surface area contributed by atoms with Crippen LogP contribution in [0.1, 0.15) is 26.5 Å². The molecule has 0 bridgehead atoms. The monoisotopic (exact) mass is 373 g/mol. The minimum Gasteiger partial charge on any atom is -0.461 e. The van der Waals surface area contributed by atoms with Crippen molar-refractivity contribution in [2.24, 2.45) is 0 Å². The van der Waals surface area contributed by atoms with E-state index >= 15 is 0 Å². The predicted molar refractivity (Wildman–Crippen MR) is 86.5 cm³/mol. The first-order chi connectivity index (χ1) is 12.3. The number of ether oxygens (including phenoxy) is 3. The molecular formula is C15H23N3O8. The molecule has 1 saturated heterocycles. The number of anilines is 1. The van der Waals surface area contributed by atoms with Gasteiger partial charge in [-0.25, -0.2) is 9.59 Å². The maximum Gasteiger partial charge on any atom is 0.351 e. The van der Waals surface area contributed by atoms with E-state index in [9.17, 15) is 19.8 Å². The number of rotatable bonds is 7. The lowest BCUT2D eigenvalue weighted by atomic mass is 10.0. The van der Waals surface area contributed by atoms with Gasteiger partial charge in [-0.3, -0.25) is 15.3 Å². The van der Waals surface area contributed by atoms with Crippen LogP contribution in [0.4, 0.5) is 5.82 Å². The van der Waals surface area contributed by atoms with Gasteiger partial charge in [-0.1, -0.05) is 6.92 Å². The topological polar surface area (TPSA) is 152 Å². The Morgan fingerprint density at radius 2 is 2.15 bits per heavy atom. The van der Waals surface area contributed by atoms with Crippen LogP contribution in [-0.4, -0.2) is 68.6 Å². The van der Waals surface area contributed by atoms with Gasteiger partial charge in [-0.2, -0.15) is 4.98 Å². The van der Waals surface area contributed by atoms with Crippen LogP contribution in [-0.2, 0) is 19.0 Å². The molecule has 0 spiro atoms. The highest BCUT2D eigenvalue weighted by Crippen LogP contribution is 2.29. The summed E-state index contributed by atoms with van der Waals surface area (Å²) >= 11 is 0. The Hall–Kier alpha value is -2.05. The lowest BCUT2D eigenvalue weighted by Gasteiger charge is -2.25. The maximum absolute atomic E-state index is 12.1. The molecule has 0 amide bonds. The zero-order chi connectivity index (χ0) is 19.5. The maximum atomic E-state index is 12.1. The van der Waals surface area contributed by atoms with Crippen LogP contribution in [0.2, 0.25) is 0 Å². The smallest absolute Gasteiger partial charge is 0.351 e. The summed E-state index contributed by atoms with van der Waals surface area (Å²) in [4.78, 5) is 27.6. The second kappa shape index (κ2) is 8.10. The summed E-state index contributed by atoms with van der Waals surface area (Å²) in [7, 11) is 1.38. The minimum absolute atomic E-state index is 0.0804. The minimum atomic E-state index is -1.44. The SMILES string of the molecule is CC[C@@](C)(OC)C(=O)OC[C@H]1O[C@@H](n2ccc(NO)nc2=O)[C@H](O)[C@@H]1O. The van der Waals surface area contributed by atoms with Crippen LogP contribution in [0, 0.1) is 0 Å². The van der Waals surface area contributed by atoms with E-state index in [1.807, 2.05) is 0 Å². The molecule has 1 aliphatic rings. The van der Waals surface area contributed by atoms with E-state index in [0.29, 0.717) is 6.42 Å². The third-order valence-electron chi connectivity index (χ3n) is 4.49. The molecule has 0 unspecified atom stereocenters. The number of hydrogen-bond donors (Lipinski definition) is 4. The van der Waals surface area contributed by atoms with Gasteiger partial charge < -0.3 is 24.4 Å². The van der Waals surface area contributed by atoms with Gasteiger partial charge >= 0.3 is 11.7 Å². The first kappa shape index (κ1) is 20.3. The fraction of sp³-hybridized carbons (Fsp3) is 0.667. The average Bonchev–Trinajstić information content (AvgIpc) is 2.93. The molecule has 4 N–H and O–H groups in total. The Kier molecular flexibility index (Phi) is 6.31. The van der Waals surface area contributed by atoms with Crippen molar-refractivity contribution in [2.45, 2.75) is 50.4 Å². The van der Waals surface area contributed by atoms with Crippen molar-refractivity contribution in [1.82, 2.24) is 9.55 Å². The van der Waals surface area contributed by atoms with Crippen LogP contribution in [0.3, 0.4) is 0 Å². The van der Waals surface area contributed by atoms with Gasteiger partial charge in [0.25, 0.3) is 0 Å². The number of nitrogens with zero attached hydrogens (tertiary/aromatic N) is 2. The number of carbonyl (C=O) groups is 1. The third-order valence-corrected chi connectivity index (χ3v) is 4.49. The summed E-state index contributed by atoms with van der Waals surface area (Å²) in [6, 6.07) is 1.28. The molecule has 1 fully saturated rings. The van der Waals surface area contributed by atoms with Gasteiger partial charge in [-0.05, 0) is 19.4 Å². The molecule has 0 radical (unpaired) electrons. The molecule has 2 rings (SSSR count). The molecule has 2 heterocycles. The Labute approximate surface area is 149 Å². The van der Waals surface area contributed by atoms with Crippen LogP contribution in [0.15, 0.2) is 17.1 Å². The second-order valence-electron chi connectivity index (χ2n) is 6.05. The van der Waals surface area contributed by atoms with Gasteiger partial charge in [0.15, 0.2) is 17.6 Å². The van der Waals surface area contributed by atoms with Gasteiger partial charge in [0, 0.05) is 13.3 Å². The van der Waals surface area contributed by atoms with E-state index in [4.69, 9.17) is 19.4 Å². The van der Waals surface area contributed by atoms with Crippen molar-refractivity contribution >= 4 is 11.8 Å². The highest BCUT2D eigenvalue weighted by Gasteiger charge is 2.45. The molecular weight excluding hydrogens is 350 g/mol. The number of esters is 1. The number of aliphatic hydroxyl groups excluding tert-OH is 2. The fourth-order valence-electron chi connectivity index (χ4n) is 2.45. The van der Waals surface area contributed by atoms with Crippen molar-refractivity contribution in [2.75, 3.05) is 19.2 Å². The molecule has 0 aliphatic carbocycles. The Bertz CT molecular complexity index is 690. The van der Waals surface area contributed by atoms with Crippen molar-refractivity contribution in [3.63, 3.8) is 0 Å². The molecule has 1 aromatic rings. The van der Waals surface area contributed by atoms with Crippen LogP contribution in [0.25, 0.3) is 0 Å². The molecule has 0 saturated carbocycles. The zero-order valence-corrected chi connectivity index (χ0v) is 14.7. The van der Waals surface area contributed by atoms with Gasteiger partial charge in [0.2, 0.25) is 0 Å². The second-order valence-corrected chi connectivity index (χ2v) is 6.05. The summed E-state index contributed by atoms with van der Waals surface area (Å²) in [5.41, 5.74) is -0.213. The summed E-state index contributed by atoms with van der Waals surface area (Å²) in [5.74, 6) is -0.711. The first-order valence-electron chi connectivity index (χ1n) is 8.00. The van der Waals surface area contributed by atoms with Gasteiger partial charge in [-0.15, -0.1) is 0 Å². The summed E-state index contributed by atoms with van der Waals surface area (Å²) in [6.45, 7) is 3.00. The largest absolute Gasteiger partial charge is 0.461 e. The standard InChI is InChI=1S/C15H23N3O8/c1-4-15(2,24-3)13(21)25-7-8-10(19)11(20)12(26-8)18-6-5-9(17-23)16-14(18)22/h5-6,8,10-12,19-20,23H,4,7H2,1-3H3,(H,16,17,22)/t8-,10-,11-,12-,15-/m1/s1. The highest BCUT2D eigenvalue weighted by molar-refractivity contribution is 5.79. The van der Waals surface area contributed by atoms with Crippen LogP contribution in [0.5, 0.6) is 0 Å². The van der Waals surface area contributed by atoms with Crippen molar-refractivity contribution < 1.29 is 34.4 Å². The van der Waals surface area contributed by atoms with E-state index < -0.39 is 41.8 Å². The molecule has 26 heavy (non-hydrogen) atoms. The third kappa shape index (κ3) is 3.86. The van der Waals surface area contributed by atoms with Crippen molar-refractivity contribution in [3.8, 4) is 0 Å². The number of nitrogens with one attached hydrogen (secondary N) is 1. The van der Waals surface area contributed by atoms with Crippen molar-refractivity contribution in [3.05, 3.63) is 22.7 Å². The number of methoxy groups -OCH3 is 1. The van der Waals surface area contributed by atoms with E-state index in [1.165, 1.54) is 19.4 Å². The van der Waals surface area contributed by atoms with E-state index in [1.54, 1.807) is 19.3 Å². The quantitative estimate of drug-likeness (QED) is 0.346. The normalized spacial score (nSPS) is 27.8. The number of aliphatic hydroxyl groups is 2. The van der Waals surface area contributed by atoms with Crippen molar-refractivity contribution in [1.29, 1.82) is 0 Å². The van der Waals surface area contributed by atoms with E-state index in [-0.39, 0.29) is 12.4 Å². The number of hydrogen-bond acceptors (Lipinski definition) is 10. The molecule has 5 atom stereocenters. The molecule has 1 aliphatic heterocycles. The molecule has 0 aromatic carbocycles. The lowest BCUT2D eigenvalue weighted by Crippen LogP contribution is -2.41. The Morgan fingerprint density at radius 3 is 2.69 bits per heavy atom. The van der Waals surface area contributed by atoms with E-state index in [2.05, 4.69) is 4.98 Å². The van der Waals surface area contributed by atoms with Gasteiger partial charge in [0.05, 0.1) is 0 Å². The molecule has 11 nitrogen and oxygen atoms in total. The molecule has 11 heteroatoms. The fourth-order valence-corrected chi connectivity index (χ4v) is 2.45. The number of aromatic nitrogens is 2. The average molecular weight is 373 g/mol. The Morgan fingerprint density at radius 1 is 1.46 bits per heavy atom. The number of carbonyl (C=O) groups excluding carboxylic acids is 1. The molecule has 146 valence electrons. The van der Waals surface area contributed by atoms with Crippen LogP contribution < -0.4 is 11.2 Å².